The number of halogens is 2. The van der Waals surface area contributed by atoms with Crippen molar-refractivity contribution in [1.29, 1.82) is 0 Å². The van der Waals surface area contributed by atoms with Gasteiger partial charge in [-0.2, -0.15) is 0 Å². The van der Waals surface area contributed by atoms with Gasteiger partial charge in [-0.25, -0.2) is 0 Å². The van der Waals surface area contributed by atoms with Crippen LogP contribution in [0.15, 0.2) is 0 Å². The second-order valence-corrected chi connectivity index (χ2v) is 0. The molecule has 0 atom stereocenters. The third-order valence-electron chi connectivity index (χ3n) is 0. The van der Waals surface area contributed by atoms with Gasteiger partial charge in [0, 0.05) is 0 Å². The van der Waals surface area contributed by atoms with Crippen molar-refractivity contribution in [3.05, 3.63) is 0 Å². The molecule has 0 heterocycles. The van der Waals surface area contributed by atoms with E-state index in [0.29, 0.717) is 0 Å². The Morgan fingerprint density at radius 2 is 1.00 bits per heavy atom. The molecule has 0 aliphatic heterocycles. The van der Waals surface area contributed by atoms with E-state index >= 15 is 0 Å². The second-order valence-electron chi connectivity index (χ2n) is 0. The van der Waals surface area contributed by atoms with Crippen LogP contribution in [0.3, 0.4) is 0 Å². The minimum absolute atomic E-state index is 0. The molecule has 0 aromatic carbocycles. The van der Waals surface area contributed by atoms with Crippen LogP contribution in [0, 0.1) is 0 Å². The molecule has 0 N–H and O–H groups in total. The first-order valence-electron chi connectivity index (χ1n) is 0. The Labute approximate surface area is 137 Å². The first kappa shape index (κ1) is 34.9. The van der Waals surface area contributed by atoms with E-state index in [1.54, 1.807) is 0 Å². The summed E-state index contributed by atoms with van der Waals surface area (Å²) in [5, 5.41) is 0. The van der Waals surface area contributed by atoms with Gasteiger partial charge in [-0.1, -0.05) is 0 Å². The summed E-state index contributed by atoms with van der Waals surface area (Å²) in [6.07, 6.45) is 0. The summed E-state index contributed by atoms with van der Waals surface area (Å²) in [7, 11) is 0. The molecule has 0 nitrogen and oxygen atoms in total. The Kier molecular flexibility index (Phi) is 168. The van der Waals surface area contributed by atoms with E-state index in [0.717, 1.165) is 0 Å². The average Bonchev–Trinajstić information content (AvgIpc) is 0. The van der Waals surface area contributed by atoms with Gasteiger partial charge >= 0.3 is 112 Å². The molecule has 0 unspecified atom stereocenters. The van der Waals surface area contributed by atoms with E-state index in [9.17, 15) is 0 Å². The molecule has 0 fully saturated rings. The van der Waals surface area contributed by atoms with Crippen LogP contribution in [-0.4, -0.2) is 60.8 Å². The predicted octanol–water partition coefficient (Wildman–Crippen LogP) is -9.41. The van der Waals surface area contributed by atoms with Crippen molar-refractivity contribution < 1.29 is 80.5 Å². The Balaban J connectivity index is 0. The summed E-state index contributed by atoms with van der Waals surface area (Å²) in [6, 6.07) is 0. The van der Waals surface area contributed by atoms with Crippen LogP contribution >= 0.6 is 0 Å². The molecule has 0 bridgehead atoms. The van der Waals surface area contributed by atoms with Crippen molar-refractivity contribution in [2.75, 3.05) is 0 Å². The standard InChI is InChI=1S/Ca.2ClH.K.Mg.3H/h;2*1H;;;;;/q+2;;;+1;+2;3*-1/p-2. The van der Waals surface area contributed by atoms with Crippen LogP contribution in [0.5, 0.6) is 0 Å². The second kappa shape index (κ2) is 24.0. The molecule has 0 radical (unpaired) electrons. The molecule has 0 aliphatic carbocycles. The summed E-state index contributed by atoms with van der Waals surface area (Å²) >= 11 is 0. The van der Waals surface area contributed by atoms with Gasteiger partial charge in [0.2, 0.25) is 0 Å². The van der Waals surface area contributed by atoms with Crippen molar-refractivity contribution in [3.63, 3.8) is 0 Å². The quantitative estimate of drug-likeness (QED) is 0.323. The van der Waals surface area contributed by atoms with E-state index in [2.05, 4.69) is 0 Å². The average molecular weight is 177 g/mol. The largest absolute Gasteiger partial charge is 2.00 e. The van der Waals surface area contributed by atoms with Gasteiger partial charge < -0.3 is 29.1 Å². The summed E-state index contributed by atoms with van der Waals surface area (Å²) in [5.41, 5.74) is 0. The topological polar surface area (TPSA) is 0 Å². The van der Waals surface area contributed by atoms with Crippen molar-refractivity contribution >= 4 is 60.8 Å². The number of rotatable bonds is 0. The van der Waals surface area contributed by atoms with Gasteiger partial charge in [0.1, 0.15) is 0 Å². The molecule has 0 amide bonds. The van der Waals surface area contributed by atoms with Gasteiger partial charge in [-0.15, -0.1) is 0 Å². The van der Waals surface area contributed by atoms with Crippen molar-refractivity contribution in [3.8, 4) is 0 Å². The van der Waals surface area contributed by atoms with Crippen LogP contribution in [0.2, 0.25) is 0 Å². The van der Waals surface area contributed by atoms with E-state index < -0.39 is 0 Å². The normalized spacial score (nSPS) is 0. The fourth-order valence-corrected chi connectivity index (χ4v) is 0. The van der Waals surface area contributed by atoms with Crippen molar-refractivity contribution in [1.82, 2.24) is 0 Å². The van der Waals surface area contributed by atoms with Gasteiger partial charge in [0.05, 0.1) is 0 Å². The van der Waals surface area contributed by atoms with E-state index in [1.807, 2.05) is 0 Å². The molecule has 0 aliphatic rings. The van der Waals surface area contributed by atoms with Gasteiger partial charge in [-0.05, 0) is 0 Å². The SMILES string of the molecule is [Ca+2].[Cl-].[Cl-].[H-].[H-].[H-].[K+].[Mg+2]. The fraction of sp³-hybridized carbons (Fsp3) is 0. The summed E-state index contributed by atoms with van der Waals surface area (Å²) in [5.74, 6) is 0. The monoisotopic (exact) mass is 176 g/mol. The first-order chi connectivity index (χ1) is 0. The minimum Gasteiger partial charge on any atom is -1.00 e. The van der Waals surface area contributed by atoms with Gasteiger partial charge in [-0.3, -0.25) is 0 Å². The van der Waals surface area contributed by atoms with Crippen LogP contribution in [0.1, 0.15) is 4.28 Å². The summed E-state index contributed by atoms with van der Waals surface area (Å²) < 4.78 is 0. The molecular formula is H3CaCl2KMg. The fourth-order valence-electron chi connectivity index (χ4n) is 0. The van der Waals surface area contributed by atoms with Crippen molar-refractivity contribution in [2.45, 2.75) is 0 Å². The Morgan fingerprint density at radius 3 is 1.00 bits per heavy atom. The van der Waals surface area contributed by atoms with E-state index in [4.69, 9.17) is 0 Å². The molecule has 22 valence electrons. The van der Waals surface area contributed by atoms with Crippen LogP contribution in [0.25, 0.3) is 0 Å². The zero-order chi connectivity index (χ0) is 0. The summed E-state index contributed by atoms with van der Waals surface area (Å²) in [6.45, 7) is 0. The zero-order valence-electron chi connectivity index (χ0n) is 6.17. The summed E-state index contributed by atoms with van der Waals surface area (Å²) in [4.78, 5) is 0. The van der Waals surface area contributed by atoms with Gasteiger partial charge in [0.15, 0.2) is 0 Å². The Bertz CT molecular complexity index is 17.2. The Hall–Kier alpha value is 4.24. The maximum atomic E-state index is 0. The Morgan fingerprint density at radius 1 is 1.00 bits per heavy atom. The maximum absolute atomic E-state index is 0. The maximum Gasteiger partial charge on any atom is 2.00 e. The predicted molar refractivity (Wildman–Crippen MR) is 14.8 cm³/mol. The third kappa shape index (κ3) is 17.8. The van der Waals surface area contributed by atoms with Crippen LogP contribution in [0.4, 0.5) is 0 Å². The molecule has 5 heteroatoms. The van der Waals surface area contributed by atoms with Crippen molar-refractivity contribution in [2.24, 2.45) is 0 Å². The molecule has 0 saturated heterocycles. The van der Waals surface area contributed by atoms with Crippen LogP contribution in [-0.2, 0) is 0 Å². The van der Waals surface area contributed by atoms with E-state index in [1.165, 1.54) is 0 Å². The molecule has 0 aromatic heterocycles. The number of hydrogen-bond donors (Lipinski definition) is 0. The molecule has 0 rings (SSSR count). The van der Waals surface area contributed by atoms with E-state index in [-0.39, 0.29) is 141 Å². The molecular weight excluding hydrogens is 174 g/mol. The third-order valence-corrected chi connectivity index (χ3v) is 0. The minimum atomic E-state index is 0. The number of hydrogen-bond acceptors (Lipinski definition) is 0. The molecule has 0 spiro atoms. The molecule has 5 heavy (non-hydrogen) atoms. The van der Waals surface area contributed by atoms with Crippen LogP contribution < -0.4 is 76.2 Å². The first-order valence-corrected chi connectivity index (χ1v) is 0. The molecule has 0 aromatic rings. The van der Waals surface area contributed by atoms with Gasteiger partial charge in [0.25, 0.3) is 0 Å². The zero-order valence-corrected chi connectivity index (χ0v) is 11.4. The smallest absolute Gasteiger partial charge is 1.00 e. The molecule has 0 saturated carbocycles.